The number of hydrogen-bond donors (Lipinski definition) is 0. The molecule has 0 nitrogen and oxygen atoms in total. The quantitative estimate of drug-likeness (QED) is 0.290. The normalized spacial score (nSPS) is 16.1. The van der Waals surface area contributed by atoms with Gasteiger partial charge in [-0.05, 0) is 0 Å². The van der Waals surface area contributed by atoms with Crippen LogP contribution in [-0.2, 0) is 29.7 Å². The van der Waals surface area contributed by atoms with Crippen molar-refractivity contribution in [1.29, 1.82) is 0 Å². The summed E-state index contributed by atoms with van der Waals surface area (Å²) in [7, 11) is 0. The summed E-state index contributed by atoms with van der Waals surface area (Å²) in [6, 6.07) is 10.2. The van der Waals surface area contributed by atoms with E-state index >= 15 is 0 Å². The Morgan fingerprint density at radius 3 is 1.69 bits per heavy atom. The maximum absolute atomic E-state index is 13.3. The van der Waals surface area contributed by atoms with Crippen molar-refractivity contribution in [2.24, 2.45) is 0 Å². The van der Waals surface area contributed by atoms with E-state index < -0.39 is 40.8 Å². The molecule has 0 spiro atoms. The van der Waals surface area contributed by atoms with Crippen molar-refractivity contribution in [1.82, 2.24) is 0 Å². The number of alkyl halides is 6. The fourth-order valence-electron chi connectivity index (χ4n) is 2.86. The molecule has 0 radical (unpaired) electrons. The summed E-state index contributed by atoms with van der Waals surface area (Å²) in [6.45, 7) is 0. The van der Waals surface area contributed by atoms with Crippen molar-refractivity contribution >= 4 is 7.91 Å². The van der Waals surface area contributed by atoms with Gasteiger partial charge in [-0.1, -0.05) is 0 Å². The molecule has 0 saturated carbocycles. The summed E-state index contributed by atoms with van der Waals surface area (Å²) in [5.74, 6) is 0. The van der Waals surface area contributed by atoms with Gasteiger partial charge in [0.15, 0.2) is 0 Å². The van der Waals surface area contributed by atoms with Crippen molar-refractivity contribution < 1.29 is 43.7 Å². The van der Waals surface area contributed by atoms with Crippen LogP contribution in [0.15, 0.2) is 70.7 Å². The molecule has 0 bridgehead atoms. The van der Waals surface area contributed by atoms with E-state index in [1.807, 2.05) is 12.2 Å². The molecule has 0 unspecified atom stereocenters. The summed E-state index contributed by atoms with van der Waals surface area (Å²) in [4.78, 5) is 0. The topological polar surface area (TPSA) is 0 Å². The van der Waals surface area contributed by atoms with Crippen LogP contribution in [0, 0.1) is 0 Å². The number of rotatable bonds is 3. The Kier molecular flexibility index (Phi) is 6.72. The number of halogens is 6. The molecule has 3 rings (SSSR count). The van der Waals surface area contributed by atoms with Crippen molar-refractivity contribution in [3.8, 4) is 0 Å². The van der Waals surface area contributed by atoms with Crippen molar-refractivity contribution in [3.05, 3.63) is 81.8 Å². The van der Waals surface area contributed by atoms with Gasteiger partial charge in [-0.15, -0.1) is 0 Å². The average Bonchev–Trinajstić information content (AvgIpc) is 2.63. The van der Waals surface area contributed by atoms with Gasteiger partial charge in [0.25, 0.3) is 0 Å². The molecule has 0 heterocycles. The van der Waals surface area contributed by atoms with Gasteiger partial charge >= 0.3 is 171 Å². The third-order valence-corrected chi connectivity index (χ3v) is 10.7. The van der Waals surface area contributed by atoms with Crippen LogP contribution in [0.3, 0.4) is 0 Å². The van der Waals surface area contributed by atoms with Crippen LogP contribution in [0.2, 0.25) is 0 Å². The monoisotopic (exact) mass is 592 g/mol. The summed E-state index contributed by atoms with van der Waals surface area (Å²) in [5, 5.41) is 0. The molecular weight excluding hydrogens is 573 g/mol. The first kappa shape index (κ1) is 21.9. The molecule has 0 aromatic heterocycles. The molecule has 0 amide bonds. The van der Waals surface area contributed by atoms with Gasteiger partial charge in [0, 0.05) is 0 Å². The van der Waals surface area contributed by atoms with Crippen LogP contribution in [-0.4, -0.2) is 0 Å². The SMILES string of the molecule is FC(F)(F)c1ccc[c]([Pt]([C]2=CCCC=CCC2)[c]2cccc(C(F)(F)F)c2)c1. The van der Waals surface area contributed by atoms with E-state index in [1.165, 1.54) is 12.1 Å². The van der Waals surface area contributed by atoms with E-state index in [2.05, 4.69) is 6.08 Å². The van der Waals surface area contributed by atoms with E-state index in [-0.39, 0.29) is 0 Å². The Hall–Kier alpha value is -1.81. The number of allylic oxidation sites excluding steroid dienone is 4. The number of hydrogen-bond acceptors (Lipinski definition) is 0. The van der Waals surface area contributed by atoms with Gasteiger partial charge in [0.2, 0.25) is 0 Å². The molecule has 2 aromatic carbocycles. The Morgan fingerprint density at radius 1 is 0.655 bits per heavy atom. The molecule has 1 aliphatic rings. The standard InChI is InChI=1S/C8H11.2C7H4F3.Pt/c1-2-4-6-8-7-5-3-1;2*8-7(9,10)6-4-2-1-3-5-6;/h1-2,7H,3-6H2;2*1-2,4-5H;. The third kappa shape index (κ3) is 5.63. The predicted molar refractivity (Wildman–Crippen MR) is 97.8 cm³/mol. The van der Waals surface area contributed by atoms with Gasteiger partial charge in [-0.2, -0.15) is 0 Å². The van der Waals surface area contributed by atoms with Crippen LogP contribution in [0.5, 0.6) is 0 Å². The second kappa shape index (κ2) is 8.91. The first-order chi connectivity index (χ1) is 13.7. The van der Waals surface area contributed by atoms with Gasteiger partial charge in [-0.3, -0.25) is 0 Å². The Labute approximate surface area is 171 Å². The molecule has 0 aliphatic heterocycles. The van der Waals surface area contributed by atoms with Gasteiger partial charge in [0.05, 0.1) is 0 Å². The zero-order valence-corrected chi connectivity index (χ0v) is 17.5. The van der Waals surface area contributed by atoms with Crippen molar-refractivity contribution in [2.45, 2.75) is 38.0 Å². The molecule has 1 aliphatic carbocycles. The minimum atomic E-state index is -4.50. The molecule has 0 saturated heterocycles. The average molecular weight is 592 g/mol. The van der Waals surface area contributed by atoms with E-state index in [0.717, 1.165) is 47.5 Å². The zero-order valence-electron chi connectivity index (χ0n) is 15.3. The molecule has 29 heavy (non-hydrogen) atoms. The van der Waals surface area contributed by atoms with Crippen molar-refractivity contribution in [2.75, 3.05) is 0 Å². The van der Waals surface area contributed by atoms with Gasteiger partial charge in [0.1, 0.15) is 0 Å². The van der Waals surface area contributed by atoms with Gasteiger partial charge in [-0.25, -0.2) is 0 Å². The summed E-state index contributed by atoms with van der Waals surface area (Å²) >= 11 is -2.69. The zero-order chi connectivity index (χ0) is 21.1. The third-order valence-electron chi connectivity index (χ3n) is 4.22. The van der Waals surface area contributed by atoms with E-state index in [4.69, 9.17) is 0 Å². The fraction of sp³-hybridized carbons (Fsp3) is 0.273. The second-order valence-electron chi connectivity index (χ2n) is 6.38. The molecule has 7 heteroatoms. The van der Waals surface area contributed by atoms with Crippen LogP contribution in [0.1, 0.15) is 36.8 Å². The summed E-state index contributed by atoms with van der Waals surface area (Å²) in [5.41, 5.74) is -1.54. The van der Waals surface area contributed by atoms with Gasteiger partial charge < -0.3 is 0 Å². The van der Waals surface area contributed by atoms with Crippen molar-refractivity contribution in [3.63, 3.8) is 0 Å². The second-order valence-corrected chi connectivity index (χ2v) is 12.2. The molecule has 0 N–H and O–H groups in total. The Balaban J connectivity index is 2.13. The van der Waals surface area contributed by atoms with Crippen LogP contribution in [0.25, 0.3) is 0 Å². The molecular formula is C22H19F6Pt. The number of benzene rings is 2. The molecule has 159 valence electrons. The van der Waals surface area contributed by atoms with E-state index in [1.54, 1.807) is 12.1 Å². The van der Waals surface area contributed by atoms with E-state index in [0.29, 0.717) is 14.3 Å². The fourth-order valence-corrected chi connectivity index (χ4v) is 9.54. The maximum atomic E-state index is 13.3. The molecule has 2 aromatic rings. The molecule has 0 atom stereocenters. The first-order valence-electron chi connectivity index (χ1n) is 8.95. The summed E-state index contributed by atoms with van der Waals surface area (Å²) < 4.78 is 81.6. The molecule has 0 fully saturated rings. The van der Waals surface area contributed by atoms with Crippen LogP contribution < -0.4 is 7.91 Å². The first-order valence-corrected chi connectivity index (χ1v) is 12.4. The Morgan fingerprint density at radius 2 is 1.17 bits per heavy atom. The summed E-state index contributed by atoms with van der Waals surface area (Å²) in [6.07, 6.45) is 0.0475. The van der Waals surface area contributed by atoms with Crippen LogP contribution >= 0.6 is 0 Å². The van der Waals surface area contributed by atoms with Crippen LogP contribution in [0.4, 0.5) is 26.3 Å². The predicted octanol–water partition coefficient (Wildman–Crippen LogP) is 6.31. The van der Waals surface area contributed by atoms with E-state index in [9.17, 15) is 26.3 Å². The minimum absolute atomic E-state index is 0.500. The Bertz CT molecular complexity index is 851.